The first-order valence-electron chi connectivity index (χ1n) is 4.38. The molecule has 0 spiro atoms. The standard InChI is InChI=1S/C9H10BF3O2/c11-9(12,13)6-15-8-5-3-1-2-4-7(8)10-14/h1-4,10,14H,5-6H2. The van der Waals surface area contributed by atoms with Crippen molar-refractivity contribution in [2.24, 2.45) is 0 Å². The smallest absolute Gasteiger partial charge is 0.422 e. The molecule has 1 rings (SSSR count). The van der Waals surface area contributed by atoms with Crippen molar-refractivity contribution in [2.45, 2.75) is 12.6 Å². The third-order valence-corrected chi connectivity index (χ3v) is 1.79. The van der Waals surface area contributed by atoms with Crippen LogP contribution in [0.1, 0.15) is 6.42 Å². The van der Waals surface area contributed by atoms with E-state index in [1.54, 1.807) is 18.2 Å². The molecule has 0 aromatic carbocycles. The summed E-state index contributed by atoms with van der Waals surface area (Å²) in [5, 5.41) is 8.92. The molecule has 2 nitrogen and oxygen atoms in total. The van der Waals surface area contributed by atoms with Crippen LogP contribution in [0.4, 0.5) is 13.2 Å². The second-order valence-electron chi connectivity index (χ2n) is 3.00. The van der Waals surface area contributed by atoms with E-state index < -0.39 is 12.8 Å². The average Bonchev–Trinajstić information content (AvgIpc) is 2.37. The molecule has 0 heterocycles. The lowest BCUT2D eigenvalue weighted by atomic mass is 9.86. The fourth-order valence-electron chi connectivity index (χ4n) is 1.11. The number of hydrogen-bond donors (Lipinski definition) is 1. The van der Waals surface area contributed by atoms with Gasteiger partial charge >= 0.3 is 13.7 Å². The van der Waals surface area contributed by atoms with Crippen molar-refractivity contribution in [3.8, 4) is 0 Å². The number of ether oxygens (including phenoxy) is 1. The van der Waals surface area contributed by atoms with Gasteiger partial charge in [-0.2, -0.15) is 13.2 Å². The zero-order chi connectivity index (χ0) is 11.3. The van der Waals surface area contributed by atoms with Gasteiger partial charge in [-0.05, 0) is 5.47 Å². The van der Waals surface area contributed by atoms with Crippen LogP contribution in [0.5, 0.6) is 0 Å². The van der Waals surface area contributed by atoms with E-state index in [1.165, 1.54) is 6.08 Å². The van der Waals surface area contributed by atoms with E-state index in [9.17, 15) is 13.2 Å². The first kappa shape index (κ1) is 11.9. The Balaban J connectivity index is 2.68. The molecule has 0 radical (unpaired) electrons. The molecule has 1 aliphatic carbocycles. The molecule has 0 bridgehead atoms. The predicted molar refractivity (Wildman–Crippen MR) is 51.3 cm³/mol. The molecule has 1 aliphatic rings. The lowest BCUT2D eigenvalue weighted by molar-refractivity contribution is -0.165. The van der Waals surface area contributed by atoms with Crippen molar-refractivity contribution in [3.63, 3.8) is 0 Å². The summed E-state index contributed by atoms with van der Waals surface area (Å²) in [6, 6.07) is 0. The van der Waals surface area contributed by atoms with Crippen molar-refractivity contribution >= 4 is 7.48 Å². The summed E-state index contributed by atoms with van der Waals surface area (Å²) in [6.07, 6.45) is 2.46. The first-order valence-corrected chi connectivity index (χ1v) is 4.38. The van der Waals surface area contributed by atoms with Crippen LogP contribution >= 0.6 is 0 Å². The van der Waals surface area contributed by atoms with Crippen LogP contribution in [-0.4, -0.2) is 25.3 Å². The highest BCUT2D eigenvalue weighted by Gasteiger charge is 2.29. The number of hydrogen-bond acceptors (Lipinski definition) is 2. The van der Waals surface area contributed by atoms with E-state index in [-0.39, 0.29) is 19.7 Å². The van der Waals surface area contributed by atoms with Gasteiger partial charge in [0.25, 0.3) is 0 Å². The Bertz CT molecular complexity index is 305. The topological polar surface area (TPSA) is 29.5 Å². The minimum atomic E-state index is -4.35. The van der Waals surface area contributed by atoms with Crippen LogP contribution in [0.15, 0.2) is 35.5 Å². The highest BCUT2D eigenvalue weighted by atomic mass is 19.4. The second-order valence-corrected chi connectivity index (χ2v) is 3.00. The molecular weight excluding hydrogens is 208 g/mol. The molecule has 0 aromatic rings. The fraction of sp³-hybridized carbons (Fsp3) is 0.333. The van der Waals surface area contributed by atoms with E-state index >= 15 is 0 Å². The number of rotatable bonds is 3. The molecule has 15 heavy (non-hydrogen) atoms. The van der Waals surface area contributed by atoms with E-state index in [0.717, 1.165) is 0 Å². The normalized spacial score (nSPS) is 16.5. The van der Waals surface area contributed by atoms with Crippen molar-refractivity contribution in [2.75, 3.05) is 6.61 Å². The minimum Gasteiger partial charge on any atom is -0.489 e. The third kappa shape index (κ3) is 4.25. The Morgan fingerprint density at radius 3 is 2.73 bits per heavy atom. The molecule has 0 fully saturated rings. The molecular formula is C9H10BF3O2. The molecule has 6 heteroatoms. The van der Waals surface area contributed by atoms with Crippen LogP contribution in [-0.2, 0) is 4.74 Å². The van der Waals surface area contributed by atoms with Crippen LogP contribution in [0.25, 0.3) is 0 Å². The Labute approximate surface area is 86.0 Å². The van der Waals surface area contributed by atoms with Crippen molar-refractivity contribution in [1.82, 2.24) is 0 Å². The van der Waals surface area contributed by atoms with Crippen molar-refractivity contribution in [3.05, 3.63) is 35.5 Å². The van der Waals surface area contributed by atoms with Gasteiger partial charge in [-0.25, -0.2) is 0 Å². The Morgan fingerprint density at radius 1 is 1.40 bits per heavy atom. The SMILES string of the molecule is OBC1=C(OCC(F)(F)F)CC=CC=C1. The summed E-state index contributed by atoms with van der Waals surface area (Å²) in [6.45, 7) is -1.33. The van der Waals surface area contributed by atoms with Gasteiger partial charge in [0.2, 0.25) is 0 Å². The van der Waals surface area contributed by atoms with Gasteiger partial charge in [-0.3, -0.25) is 0 Å². The van der Waals surface area contributed by atoms with Gasteiger partial charge in [0.15, 0.2) is 6.61 Å². The molecule has 82 valence electrons. The summed E-state index contributed by atoms with van der Waals surface area (Å²) >= 11 is 0. The quantitative estimate of drug-likeness (QED) is 0.729. The summed E-state index contributed by atoms with van der Waals surface area (Å²) in [4.78, 5) is 0. The second kappa shape index (κ2) is 5.07. The maximum absolute atomic E-state index is 11.9. The molecule has 0 unspecified atom stereocenters. The Morgan fingerprint density at radius 2 is 2.13 bits per heavy atom. The lowest BCUT2D eigenvalue weighted by Gasteiger charge is -2.13. The zero-order valence-corrected chi connectivity index (χ0v) is 7.92. The third-order valence-electron chi connectivity index (χ3n) is 1.79. The first-order chi connectivity index (χ1) is 7.03. The number of allylic oxidation sites excluding steroid dienone is 5. The number of halogens is 3. The molecule has 0 saturated heterocycles. The van der Waals surface area contributed by atoms with E-state index in [2.05, 4.69) is 4.74 Å². The fourth-order valence-corrected chi connectivity index (χ4v) is 1.11. The summed E-state index contributed by atoms with van der Waals surface area (Å²) < 4.78 is 40.3. The van der Waals surface area contributed by atoms with Crippen molar-refractivity contribution < 1.29 is 22.9 Å². The monoisotopic (exact) mass is 218 g/mol. The van der Waals surface area contributed by atoms with Gasteiger partial charge in [0.1, 0.15) is 0 Å². The van der Waals surface area contributed by atoms with Gasteiger partial charge in [-0.15, -0.1) is 0 Å². The molecule has 0 saturated carbocycles. The molecule has 0 atom stereocenters. The van der Waals surface area contributed by atoms with Crippen molar-refractivity contribution in [1.29, 1.82) is 0 Å². The Hall–Kier alpha value is -1.17. The van der Waals surface area contributed by atoms with Crippen LogP contribution in [0, 0.1) is 0 Å². The minimum absolute atomic E-state index is 0.167. The number of alkyl halides is 3. The maximum atomic E-state index is 11.9. The molecule has 1 N–H and O–H groups in total. The van der Waals surface area contributed by atoms with Gasteiger partial charge in [0.05, 0.1) is 5.76 Å². The van der Waals surface area contributed by atoms with E-state index in [0.29, 0.717) is 5.47 Å². The molecule has 0 aliphatic heterocycles. The van der Waals surface area contributed by atoms with Crippen LogP contribution in [0.3, 0.4) is 0 Å². The predicted octanol–water partition coefficient (Wildman–Crippen LogP) is 1.64. The maximum Gasteiger partial charge on any atom is 0.422 e. The van der Waals surface area contributed by atoms with Gasteiger partial charge in [0, 0.05) is 6.42 Å². The molecule has 0 amide bonds. The van der Waals surface area contributed by atoms with E-state index in [1.807, 2.05) is 0 Å². The highest BCUT2D eigenvalue weighted by molar-refractivity contribution is 6.38. The van der Waals surface area contributed by atoms with Gasteiger partial charge in [-0.1, -0.05) is 24.3 Å². The summed E-state index contributed by atoms with van der Waals surface area (Å²) in [5.74, 6) is 0.167. The lowest BCUT2D eigenvalue weighted by Crippen LogP contribution is -2.17. The van der Waals surface area contributed by atoms with E-state index in [4.69, 9.17) is 5.02 Å². The summed E-state index contributed by atoms with van der Waals surface area (Å²) in [5.41, 5.74) is 0.379. The van der Waals surface area contributed by atoms with Crippen LogP contribution < -0.4 is 0 Å². The Kier molecular flexibility index (Phi) is 4.02. The highest BCUT2D eigenvalue weighted by Crippen LogP contribution is 2.20. The molecule has 0 aromatic heterocycles. The average molecular weight is 218 g/mol. The zero-order valence-electron chi connectivity index (χ0n) is 7.92. The largest absolute Gasteiger partial charge is 0.489 e. The van der Waals surface area contributed by atoms with Crippen LogP contribution in [0.2, 0.25) is 0 Å². The van der Waals surface area contributed by atoms with Gasteiger partial charge < -0.3 is 9.76 Å². The summed E-state index contributed by atoms with van der Waals surface area (Å²) in [7, 11) is -0.328.